The van der Waals surface area contributed by atoms with E-state index in [2.05, 4.69) is 6.92 Å². The first-order valence-corrected chi connectivity index (χ1v) is 8.32. The summed E-state index contributed by atoms with van der Waals surface area (Å²) in [4.78, 5) is 16.1. The molecule has 0 bridgehead atoms. The van der Waals surface area contributed by atoms with Crippen molar-refractivity contribution in [2.75, 3.05) is 6.54 Å². The Morgan fingerprint density at radius 3 is 1.84 bits per heavy atom. The summed E-state index contributed by atoms with van der Waals surface area (Å²) < 4.78 is 0. The van der Waals surface area contributed by atoms with Crippen molar-refractivity contribution in [2.24, 2.45) is 0 Å². The molecule has 0 atom stereocenters. The minimum absolute atomic E-state index is 0.0884. The largest absolute Gasteiger partial charge is 0.638 e. The number of quaternary nitrogens is 1. The lowest BCUT2D eigenvalue weighted by molar-refractivity contribution is -0.872. The Hall–Kier alpha value is -0.570. The maximum Gasteiger partial charge on any atom is 0.638 e. The normalized spacial score (nSPS) is 10.6. The van der Waals surface area contributed by atoms with Gasteiger partial charge in [-0.05, 0) is 12.8 Å². The number of rotatable bonds is 14. The van der Waals surface area contributed by atoms with Gasteiger partial charge in [0, 0.05) is 6.42 Å². The number of carbonyl (C=O) groups excluding carboxylic acids is 1. The molecule has 0 amide bonds. The predicted octanol–water partition coefficient (Wildman–Crippen LogP) is 3.73. The Kier molecular flexibility index (Phi) is 15.0. The lowest BCUT2D eigenvalue weighted by atomic mass is 10.1. The molecule has 0 aliphatic heterocycles. The van der Waals surface area contributed by atoms with Crippen LogP contribution in [0.1, 0.15) is 90.9 Å². The molecule has 3 nitrogen and oxygen atoms in total. The molecule has 0 aromatic heterocycles. The van der Waals surface area contributed by atoms with Gasteiger partial charge in [0.1, 0.15) is 13.0 Å². The fourth-order valence-electron chi connectivity index (χ4n) is 2.13. The van der Waals surface area contributed by atoms with E-state index in [0.29, 0.717) is 6.42 Å². The second-order valence-electron chi connectivity index (χ2n) is 5.38. The maximum atomic E-state index is 11.1. The van der Waals surface area contributed by atoms with Gasteiger partial charge < -0.3 is 0 Å². The van der Waals surface area contributed by atoms with Crippen molar-refractivity contribution < 1.29 is 15.1 Å². The highest BCUT2D eigenvalue weighted by Gasteiger charge is 2.18. The number of nitrogens with two attached hydrogens (primary N) is 1. The minimum atomic E-state index is -0.0884. The number of hydrogen-bond donors (Lipinski definition) is 1. The van der Waals surface area contributed by atoms with Gasteiger partial charge in [-0.1, -0.05) is 75.5 Å². The number of hydrogen-bond acceptors (Lipinski definition) is 2. The van der Waals surface area contributed by atoms with E-state index in [1.54, 1.807) is 5.48 Å². The Bertz CT molecular complexity index is 195. The maximum absolute atomic E-state index is 11.1. The molecule has 0 unspecified atom stereocenters. The third-order valence-corrected chi connectivity index (χ3v) is 3.34. The van der Waals surface area contributed by atoms with E-state index in [1.165, 1.54) is 57.8 Å². The van der Waals surface area contributed by atoms with Crippen molar-refractivity contribution in [1.29, 1.82) is 0 Å². The molecule has 0 aliphatic rings. The van der Waals surface area contributed by atoms with Crippen LogP contribution in [0.25, 0.3) is 0 Å². The zero-order valence-electron chi connectivity index (χ0n) is 13.1. The van der Waals surface area contributed by atoms with Crippen molar-refractivity contribution in [1.82, 2.24) is 0 Å². The summed E-state index contributed by atoms with van der Waals surface area (Å²) in [6.07, 6.45) is 14.8. The fraction of sp³-hybridized carbons (Fsp3) is 0.938. The quantitative estimate of drug-likeness (QED) is 0.297. The second-order valence-corrected chi connectivity index (χ2v) is 5.38. The Balaban J connectivity index is 3.01. The summed E-state index contributed by atoms with van der Waals surface area (Å²) in [5, 5.41) is 0. The van der Waals surface area contributed by atoms with Crippen LogP contribution in [0.2, 0.25) is 0 Å². The molecule has 19 heavy (non-hydrogen) atoms. The molecular formula is C16H34NO2+2. The van der Waals surface area contributed by atoms with Crippen LogP contribution in [0.15, 0.2) is 0 Å². The van der Waals surface area contributed by atoms with Gasteiger partial charge in [0.25, 0.3) is 0 Å². The van der Waals surface area contributed by atoms with Crippen LogP contribution in [0, 0.1) is 0 Å². The lowest BCUT2D eigenvalue weighted by Crippen LogP contribution is -2.84. The molecule has 113 valence electrons. The van der Waals surface area contributed by atoms with Crippen molar-refractivity contribution in [3.63, 3.8) is 0 Å². The predicted molar refractivity (Wildman–Crippen MR) is 79.6 cm³/mol. The van der Waals surface area contributed by atoms with Crippen LogP contribution in [0.5, 0.6) is 0 Å². The summed E-state index contributed by atoms with van der Waals surface area (Å²) in [7, 11) is 0. The van der Waals surface area contributed by atoms with E-state index in [4.69, 9.17) is 4.84 Å². The average Bonchev–Trinajstić information content (AvgIpc) is 2.40. The first-order valence-electron chi connectivity index (χ1n) is 8.32. The second kappa shape index (κ2) is 15.5. The molecule has 0 spiro atoms. The molecule has 0 saturated carbocycles. The van der Waals surface area contributed by atoms with Crippen molar-refractivity contribution in [3.05, 3.63) is 0 Å². The van der Waals surface area contributed by atoms with Crippen molar-refractivity contribution >= 4 is 5.97 Å². The topological polar surface area (TPSA) is 45.7 Å². The molecule has 0 heterocycles. The van der Waals surface area contributed by atoms with E-state index < -0.39 is 0 Å². The van der Waals surface area contributed by atoms with Crippen LogP contribution in [-0.2, 0) is 9.63 Å². The standard InChI is InChI=1S/C16H33NO2/c1-3-5-6-7-8-9-10-11-12-13-15-17-19-16(18)14-4-2/h17H,3-15H2,1-2H3/q+1/p+1. The Morgan fingerprint density at radius 1 is 0.789 bits per heavy atom. The van der Waals surface area contributed by atoms with Crippen LogP contribution in [0.4, 0.5) is 0 Å². The summed E-state index contributed by atoms with van der Waals surface area (Å²) in [5.41, 5.74) is 1.68. The van der Waals surface area contributed by atoms with Crippen LogP contribution >= 0.6 is 0 Å². The van der Waals surface area contributed by atoms with Gasteiger partial charge in [-0.3, -0.25) is 0 Å². The summed E-state index contributed by atoms with van der Waals surface area (Å²) >= 11 is 0. The van der Waals surface area contributed by atoms with Gasteiger partial charge in [-0.25, -0.2) is 0 Å². The molecule has 2 N–H and O–H groups in total. The highest BCUT2D eigenvalue weighted by atomic mass is 16.7. The third-order valence-electron chi connectivity index (χ3n) is 3.34. The van der Waals surface area contributed by atoms with E-state index >= 15 is 0 Å². The molecule has 0 fully saturated rings. The first-order chi connectivity index (χ1) is 9.31. The monoisotopic (exact) mass is 272 g/mol. The van der Waals surface area contributed by atoms with Gasteiger partial charge in [0.05, 0.1) is 4.79 Å². The molecular weight excluding hydrogens is 238 g/mol. The van der Waals surface area contributed by atoms with Gasteiger partial charge in [0.15, 0.2) is 0 Å². The molecule has 0 aromatic carbocycles. The average molecular weight is 272 g/mol. The van der Waals surface area contributed by atoms with Crippen LogP contribution in [-0.4, -0.2) is 12.5 Å². The SMILES string of the molecule is CCCCCCCCCCCC[NH2+]OC(=[O+])CCC. The van der Waals surface area contributed by atoms with Crippen LogP contribution < -0.4 is 5.48 Å². The molecule has 0 aliphatic carbocycles. The highest BCUT2D eigenvalue weighted by molar-refractivity contribution is 5.68. The summed E-state index contributed by atoms with van der Waals surface area (Å²) in [6, 6.07) is 0. The smallest absolute Gasteiger partial charge is 0.0899 e. The molecule has 3 heteroatoms. The molecule has 0 aromatic rings. The summed E-state index contributed by atoms with van der Waals surface area (Å²) in [6.45, 7) is 5.16. The third kappa shape index (κ3) is 15.4. The zero-order chi connectivity index (χ0) is 14.2. The van der Waals surface area contributed by atoms with Gasteiger partial charge in [-0.2, -0.15) is 0 Å². The van der Waals surface area contributed by atoms with E-state index in [-0.39, 0.29) is 5.97 Å². The Morgan fingerprint density at radius 2 is 1.32 bits per heavy atom. The van der Waals surface area contributed by atoms with E-state index in [1.807, 2.05) is 6.92 Å². The van der Waals surface area contributed by atoms with E-state index in [0.717, 1.165) is 19.4 Å². The number of carbonyl (C=O) groups is 1. The number of hydroxylamine groups is 1. The molecule has 1 radical (unpaired) electrons. The molecule has 0 rings (SSSR count). The van der Waals surface area contributed by atoms with Gasteiger partial charge in [-0.15, -0.1) is 0 Å². The van der Waals surface area contributed by atoms with Gasteiger partial charge >= 0.3 is 5.97 Å². The van der Waals surface area contributed by atoms with Gasteiger partial charge in [0.2, 0.25) is 0 Å². The number of unbranched alkanes of at least 4 members (excludes halogenated alkanes) is 9. The fourth-order valence-corrected chi connectivity index (χ4v) is 2.13. The lowest BCUT2D eigenvalue weighted by Gasteiger charge is -2.00. The van der Waals surface area contributed by atoms with E-state index in [9.17, 15) is 4.79 Å². The summed E-state index contributed by atoms with van der Waals surface area (Å²) in [5.74, 6) is -0.0884. The van der Waals surface area contributed by atoms with Crippen LogP contribution in [0.3, 0.4) is 0 Å². The van der Waals surface area contributed by atoms with Crippen molar-refractivity contribution in [3.8, 4) is 0 Å². The molecule has 0 saturated heterocycles. The first kappa shape index (κ1) is 18.4. The van der Waals surface area contributed by atoms with Crippen molar-refractivity contribution in [2.45, 2.75) is 90.9 Å². The highest BCUT2D eigenvalue weighted by Crippen LogP contribution is 2.09. The Labute approximate surface area is 119 Å². The zero-order valence-corrected chi connectivity index (χ0v) is 13.1. The minimum Gasteiger partial charge on any atom is -0.0899 e.